The summed E-state index contributed by atoms with van der Waals surface area (Å²) in [5, 5.41) is 15.0. The zero-order valence-corrected chi connectivity index (χ0v) is 9.86. The van der Waals surface area contributed by atoms with Crippen molar-refractivity contribution in [3.63, 3.8) is 0 Å². The molecule has 1 aliphatic rings. The maximum atomic E-state index is 11.3. The molecule has 0 radical (unpaired) electrons. The molecule has 0 spiro atoms. The maximum absolute atomic E-state index is 11.3. The van der Waals surface area contributed by atoms with Gasteiger partial charge >= 0.3 is 6.03 Å². The summed E-state index contributed by atoms with van der Waals surface area (Å²) in [6, 6.07) is -1.47. The van der Waals surface area contributed by atoms with Crippen LogP contribution in [-0.2, 0) is 9.53 Å². The van der Waals surface area contributed by atoms with Crippen LogP contribution in [0.25, 0.3) is 0 Å². The Balaban J connectivity index is 2.33. The molecule has 0 aromatic carbocycles. The van der Waals surface area contributed by atoms with Gasteiger partial charge in [-0.05, 0) is 6.92 Å². The van der Waals surface area contributed by atoms with Crippen molar-refractivity contribution < 1.29 is 19.4 Å². The van der Waals surface area contributed by atoms with Crippen LogP contribution < -0.4 is 16.4 Å². The molecule has 1 heterocycles. The summed E-state index contributed by atoms with van der Waals surface area (Å²) >= 11 is 0. The van der Waals surface area contributed by atoms with Crippen molar-refractivity contribution >= 4 is 11.9 Å². The SMILES string of the molecule is CC(NCC1(O)CCOCC1)C(=O)NC(N)=O. The van der Waals surface area contributed by atoms with Crippen LogP contribution >= 0.6 is 0 Å². The summed E-state index contributed by atoms with van der Waals surface area (Å²) in [5.41, 5.74) is 3.98. The van der Waals surface area contributed by atoms with Gasteiger partial charge in [-0.2, -0.15) is 0 Å². The van der Waals surface area contributed by atoms with Crippen molar-refractivity contribution in [1.29, 1.82) is 0 Å². The Morgan fingerprint density at radius 1 is 1.47 bits per heavy atom. The zero-order valence-electron chi connectivity index (χ0n) is 9.86. The van der Waals surface area contributed by atoms with E-state index in [9.17, 15) is 14.7 Å². The Labute approximate surface area is 99.7 Å². The molecule has 17 heavy (non-hydrogen) atoms. The van der Waals surface area contributed by atoms with Crippen LogP contribution in [0.3, 0.4) is 0 Å². The minimum atomic E-state index is -0.881. The second kappa shape index (κ2) is 5.95. The van der Waals surface area contributed by atoms with E-state index in [2.05, 4.69) is 5.32 Å². The summed E-state index contributed by atoms with van der Waals surface area (Å²) in [6.07, 6.45) is 1.06. The van der Waals surface area contributed by atoms with Crippen molar-refractivity contribution in [2.75, 3.05) is 19.8 Å². The largest absolute Gasteiger partial charge is 0.388 e. The lowest BCUT2D eigenvalue weighted by Gasteiger charge is -2.33. The lowest BCUT2D eigenvalue weighted by Crippen LogP contribution is -2.52. The molecule has 98 valence electrons. The van der Waals surface area contributed by atoms with Gasteiger partial charge in [0.05, 0.1) is 11.6 Å². The molecule has 0 bridgehead atoms. The number of imide groups is 1. The average molecular weight is 245 g/mol. The number of aliphatic hydroxyl groups is 1. The molecular formula is C10H19N3O4. The summed E-state index contributed by atoms with van der Waals surface area (Å²) in [6.45, 7) is 2.91. The molecule has 5 N–H and O–H groups in total. The molecule has 1 aliphatic heterocycles. The number of hydrogen-bond acceptors (Lipinski definition) is 5. The summed E-state index contributed by atoms with van der Waals surface area (Å²) in [5.74, 6) is -0.506. The third kappa shape index (κ3) is 4.68. The summed E-state index contributed by atoms with van der Waals surface area (Å²) < 4.78 is 5.14. The topological polar surface area (TPSA) is 114 Å². The number of urea groups is 1. The highest BCUT2D eigenvalue weighted by atomic mass is 16.5. The number of rotatable bonds is 4. The summed E-state index contributed by atoms with van der Waals surface area (Å²) in [4.78, 5) is 21.8. The van der Waals surface area contributed by atoms with E-state index in [4.69, 9.17) is 10.5 Å². The first kappa shape index (κ1) is 13.9. The van der Waals surface area contributed by atoms with E-state index in [1.54, 1.807) is 6.92 Å². The Morgan fingerprint density at radius 2 is 2.06 bits per heavy atom. The van der Waals surface area contributed by atoms with E-state index in [1.807, 2.05) is 5.32 Å². The van der Waals surface area contributed by atoms with Crippen LogP contribution in [0.2, 0.25) is 0 Å². The molecule has 0 aliphatic carbocycles. The molecule has 0 aromatic rings. The van der Waals surface area contributed by atoms with Gasteiger partial charge in [-0.3, -0.25) is 10.1 Å². The fourth-order valence-corrected chi connectivity index (χ4v) is 1.59. The zero-order chi connectivity index (χ0) is 12.9. The van der Waals surface area contributed by atoms with Gasteiger partial charge in [-0.25, -0.2) is 4.79 Å². The van der Waals surface area contributed by atoms with Gasteiger partial charge in [-0.15, -0.1) is 0 Å². The van der Waals surface area contributed by atoms with Gasteiger partial charge in [0, 0.05) is 32.6 Å². The standard InChI is InChI=1S/C10H19N3O4/c1-7(8(14)13-9(11)15)12-6-10(16)2-4-17-5-3-10/h7,12,16H,2-6H2,1H3,(H3,11,13,14,15). The van der Waals surface area contributed by atoms with Crippen molar-refractivity contribution in [1.82, 2.24) is 10.6 Å². The van der Waals surface area contributed by atoms with Crippen LogP contribution in [-0.4, -0.2) is 48.4 Å². The fourth-order valence-electron chi connectivity index (χ4n) is 1.59. The molecule has 0 aromatic heterocycles. The second-order valence-corrected chi connectivity index (χ2v) is 4.29. The van der Waals surface area contributed by atoms with Gasteiger partial charge in [0.2, 0.25) is 5.91 Å². The van der Waals surface area contributed by atoms with Crippen LogP contribution in [0.5, 0.6) is 0 Å². The quantitative estimate of drug-likeness (QED) is 0.491. The lowest BCUT2D eigenvalue weighted by atomic mass is 9.94. The molecule has 1 saturated heterocycles. The molecular weight excluding hydrogens is 226 g/mol. The number of hydrogen-bond donors (Lipinski definition) is 4. The molecule has 7 heteroatoms. The molecule has 0 saturated carbocycles. The van der Waals surface area contributed by atoms with Crippen molar-refractivity contribution in [2.24, 2.45) is 5.73 Å². The number of carbonyl (C=O) groups excluding carboxylic acids is 2. The Bertz CT molecular complexity index is 289. The average Bonchev–Trinajstić information content (AvgIpc) is 2.26. The third-order valence-electron chi connectivity index (χ3n) is 2.80. The van der Waals surface area contributed by atoms with Gasteiger partial charge in [0.25, 0.3) is 0 Å². The lowest BCUT2D eigenvalue weighted by molar-refractivity contribution is -0.122. The molecule has 1 rings (SSSR count). The smallest absolute Gasteiger partial charge is 0.318 e. The minimum Gasteiger partial charge on any atom is -0.388 e. The number of amides is 3. The van der Waals surface area contributed by atoms with E-state index < -0.39 is 23.6 Å². The van der Waals surface area contributed by atoms with Crippen molar-refractivity contribution in [2.45, 2.75) is 31.4 Å². The van der Waals surface area contributed by atoms with E-state index in [-0.39, 0.29) is 6.54 Å². The second-order valence-electron chi connectivity index (χ2n) is 4.29. The molecule has 1 atom stereocenters. The van der Waals surface area contributed by atoms with Crippen LogP contribution in [0.4, 0.5) is 4.79 Å². The van der Waals surface area contributed by atoms with Gasteiger partial charge in [0.1, 0.15) is 0 Å². The van der Waals surface area contributed by atoms with E-state index in [0.717, 1.165) is 0 Å². The fraction of sp³-hybridized carbons (Fsp3) is 0.800. The third-order valence-corrected chi connectivity index (χ3v) is 2.80. The Morgan fingerprint density at radius 3 is 2.59 bits per heavy atom. The monoisotopic (exact) mass is 245 g/mol. The number of primary amides is 1. The highest BCUT2D eigenvalue weighted by Crippen LogP contribution is 2.19. The minimum absolute atomic E-state index is 0.281. The number of carbonyl (C=O) groups is 2. The Kier molecular flexibility index (Phi) is 4.86. The van der Waals surface area contributed by atoms with E-state index >= 15 is 0 Å². The first-order valence-corrected chi connectivity index (χ1v) is 5.57. The number of nitrogens with two attached hydrogens (primary N) is 1. The first-order valence-electron chi connectivity index (χ1n) is 5.57. The normalized spacial score (nSPS) is 20.6. The van der Waals surface area contributed by atoms with E-state index in [0.29, 0.717) is 26.1 Å². The highest BCUT2D eigenvalue weighted by Gasteiger charge is 2.30. The van der Waals surface area contributed by atoms with Crippen molar-refractivity contribution in [3.05, 3.63) is 0 Å². The first-order chi connectivity index (χ1) is 7.93. The van der Waals surface area contributed by atoms with Gasteiger partial charge < -0.3 is 20.9 Å². The van der Waals surface area contributed by atoms with Crippen LogP contribution in [0, 0.1) is 0 Å². The van der Waals surface area contributed by atoms with Crippen molar-refractivity contribution in [3.8, 4) is 0 Å². The van der Waals surface area contributed by atoms with Gasteiger partial charge in [-0.1, -0.05) is 0 Å². The van der Waals surface area contributed by atoms with E-state index in [1.165, 1.54) is 0 Å². The number of ether oxygens (including phenoxy) is 1. The number of nitrogens with one attached hydrogen (secondary N) is 2. The van der Waals surface area contributed by atoms with Gasteiger partial charge in [0.15, 0.2) is 0 Å². The molecule has 3 amide bonds. The van der Waals surface area contributed by atoms with Crippen LogP contribution in [0.15, 0.2) is 0 Å². The molecule has 1 unspecified atom stereocenters. The summed E-state index contributed by atoms with van der Waals surface area (Å²) in [7, 11) is 0. The predicted octanol–water partition coefficient (Wildman–Crippen LogP) is -1.30. The molecule has 1 fully saturated rings. The maximum Gasteiger partial charge on any atom is 0.318 e. The highest BCUT2D eigenvalue weighted by molar-refractivity contribution is 5.96. The van der Waals surface area contributed by atoms with Crippen LogP contribution in [0.1, 0.15) is 19.8 Å². The predicted molar refractivity (Wildman–Crippen MR) is 60.2 cm³/mol. The molecule has 7 nitrogen and oxygen atoms in total. The Hall–Kier alpha value is -1.18.